The minimum atomic E-state index is -0.419. The second-order valence-electron chi connectivity index (χ2n) is 7.01. The Morgan fingerprint density at radius 2 is 1.81 bits per heavy atom. The van der Waals surface area contributed by atoms with Crippen LogP contribution in [0.3, 0.4) is 0 Å². The van der Waals surface area contributed by atoms with Crippen LogP contribution in [-0.4, -0.2) is 58.5 Å². The van der Waals surface area contributed by atoms with Gasteiger partial charge in [0.05, 0.1) is 45.7 Å². The van der Waals surface area contributed by atoms with Gasteiger partial charge in [-0.25, -0.2) is 4.39 Å². The Hall–Kier alpha value is -3.46. The van der Waals surface area contributed by atoms with Crippen molar-refractivity contribution in [1.82, 2.24) is 4.98 Å². The van der Waals surface area contributed by atoms with Crippen molar-refractivity contribution in [3.63, 3.8) is 0 Å². The van der Waals surface area contributed by atoms with Gasteiger partial charge in [0.15, 0.2) is 11.5 Å². The van der Waals surface area contributed by atoms with Crippen LogP contribution in [0.4, 0.5) is 15.8 Å². The largest absolute Gasteiger partial charge is 0.496 e. The second kappa shape index (κ2) is 8.73. The molecule has 1 fully saturated rings. The van der Waals surface area contributed by atoms with E-state index >= 15 is 0 Å². The number of rotatable bonds is 6. The summed E-state index contributed by atoms with van der Waals surface area (Å²) in [5.74, 6) is 0.644. The maximum atomic E-state index is 14.6. The van der Waals surface area contributed by atoms with Crippen LogP contribution >= 0.6 is 0 Å². The number of anilines is 2. The molecule has 0 radical (unpaired) electrons. The molecule has 0 spiro atoms. The van der Waals surface area contributed by atoms with Gasteiger partial charge in [0.2, 0.25) is 0 Å². The number of amides is 1. The molecule has 31 heavy (non-hydrogen) atoms. The third-order valence-electron chi connectivity index (χ3n) is 5.24. The monoisotopic (exact) mass is 429 g/mol. The summed E-state index contributed by atoms with van der Waals surface area (Å²) >= 11 is 0. The third-order valence-corrected chi connectivity index (χ3v) is 5.24. The molecule has 8 nitrogen and oxygen atoms in total. The molecular weight excluding hydrogens is 405 g/mol. The van der Waals surface area contributed by atoms with E-state index in [0.29, 0.717) is 65.8 Å². The lowest BCUT2D eigenvalue weighted by molar-refractivity contribution is 0.102. The summed E-state index contributed by atoms with van der Waals surface area (Å²) in [7, 11) is 4.57. The number of carbonyl (C=O) groups excluding carboxylic acids is 1. The molecule has 4 rings (SSSR count). The SMILES string of the molecule is COc1cc(OC)c2cc(C(=O)Nc3ccc(N4CCOCC4)c(F)c3)[nH]c2c1OC. The highest BCUT2D eigenvalue weighted by molar-refractivity contribution is 6.08. The number of ether oxygens (including phenoxy) is 4. The van der Waals surface area contributed by atoms with E-state index in [1.807, 2.05) is 4.90 Å². The number of morpholine rings is 1. The lowest BCUT2D eigenvalue weighted by Crippen LogP contribution is -2.36. The minimum Gasteiger partial charge on any atom is -0.496 e. The summed E-state index contributed by atoms with van der Waals surface area (Å²) in [5, 5.41) is 3.39. The maximum Gasteiger partial charge on any atom is 0.272 e. The molecule has 1 aliphatic heterocycles. The average Bonchev–Trinajstić information content (AvgIpc) is 3.24. The maximum absolute atomic E-state index is 14.6. The van der Waals surface area contributed by atoms with E-state index in [1.54, 1.807) is 24.3 Å². The van der Waals surface area contributed by atoms with Gasteiger partial charge < -0.3 is 34.1 Å². The molecule has 0 bridgehead atoms. The quantitative estimate of drug-likeness (QED) is 0.625. The number of nitrogens with zero attached hydrogens (tertiary/aromatic N) is 1. The van der Waals surface area contributed by atoms with E-state index in [2.05, 4.69) is 10.3 Å². The summed E-state index contributed by atoms with van der Waals surface area (Å²) in [5.41, 5.74) is 1.69. The van der Waals surface area contributed by atoms with E-state index in [0.717, 1.165) is 0 Å². The Balaban J connectivity index is 1.60. The molecule has 9 heteroatoms. The molecule has 3 aromatic rings. The number of aromatic amines is 1. The first-order chi connectivity index (χ1) is 15.0. The standard InChI is InChI=1S/C22H24FN3O5/c1-28-18-12-19(29-2)21(30-3)20-14(18)11-16(25-20)22(27)24-13-4-5-17(15(23)10-13)26-6-8-31-9-7-26/h4-5,10-12,25H,6-9H2,1-3H3,(H,24,27). The Bertz CT molecular complexity index is 1110. The fourth-order valence-corrected chi connectivity index (χ4v) is 3.70. The molecule has 0 saturated carbocycles. The number of benzene rings is 2. The summed E-state index contributed by atoms with van der Waals surface area (Å²) in [6, 6.07) is 8.01. The molecule has 0 atom stereocenters. The van der Waals surface area contributed by atoms with Crippen molar-refractivity contribution < 1.29 is 28.1 Å². The lowest BCUT2D eigenvalue weighted by atomic mass is 10.2. The molecule has 164 valence electrons. The first-order valence-corrected chi connectivity index (χ1v) is 9.81. The van der Waals surface area contributed by atoms with Crippen molar-refractivity contribution >= 4 is 28.2 Å². The van der Waals surface area contributed by atoms with Crippen LogP contribution < -0.4 is 24.4 Å². The van der Waals surface area contributed by atoms with Gasteiger partial charge in [-0.2, -0.15) is 0 Å². The van der Waals surface area contributed by atoms with Crippen LogP contribution in [-0.2, 0) is 4.74 Å². The molecule has 1 aromatic heterocycles. The number of H-pyrrole nitrogens is 1. The predicted octanol–water partition coefficient (Wildman–Crippen LogP) is 3.42. The Labute approximate surface area is 178 Å². The van der Waals surface area contributed by atoms with Crippen molar-refractivity contribution in [2.24, 2.45) is 0 Å². The molecular formula is C22H24FN3O5. The van der Waals surface area contributed by atoms with Crippen molar-refractivity contribution in [1.29, 1.82) is 0 Å². The van der Waals surface area contributed by atoms with E-state index in [1.165, 1.54) is 27.4 Å². The van der Waals surface area contributed by atoms with Crippen molar-refractivity contribution in [3.05, 3.63) is 41.8 Å². The van der Waals surface area contributed by atoms with Gasteiger partial charge in [-0.3, -0.25) is 4.79 Å². The number of carbonyl (C=O) groups is 1. The second-order valence-corrected chi connectivity index (χ2v) is 7.01. The number of fused-ring (bicyclic) bond motifs is 1. The van der Waals surface area contributed by atoms with E-state index in [4.69, 9.17) is 18.9 Å². The Kier molecular flexibility index (Phi) is 5.85. The van der Waals surface area contributed by atoms with Crippen LogP contribution in [0.25, 0.3) is 10.9 Å². The highest BCUT2D eigenvalue weighted by Crippen LogP contribution is 2.41. The zero-order chi connectivity index (χ0) is 22.0. The summed E-state index contributed by atoms with van der Waals surface area (Å²) in [6.45, 7) is 2.39. The lowest BCUT2D eigenvalue weighted by Gasteiger charge is -2.29. The van der Waals surface area contributed by atoms with Crippen molar-refractivity contribution in [2.45, 2.75) is 0 Å². The van der Waals surface area contributed by atoms with Crippen molar-refractivity contribution in [2.75, 3.05) is 57.8 Å². The minimum absolute atomic E-state index is 0.275. The zero-order valence-electron chi connectivity index (χ0n) is 17.6. The van der Waals surface area contributed by atoms with Crippen LogP contribution in [0.5, 0.6) is 17.2 Å². The number of aromatic nitrogens is 1. The van der Waals surface area contributed by atoms with Gasteiger partial charge in [0.25, 0.3) is 5.91 Å². The van der Waals surface area contributed by atoms with E-state index in [-0.39, 0.29) is 5.69 Å². The van der Waals surface area contributed by atoms with Gasteiger partial charge in [0.1, 0.15) is 17.3 Å². The molecule has 2 aromatic carbocycles. The highest BCUT2D eigenvalue weighted by atomic mass is 19.1. The Morgan fingerprint density at radius 1 is 1.06 bits per heavy atom. The van der Waals surface area contributed by atoms with E-state index in [9.17, 15) is 9.18 Å². The number of halogens is 1. The van der Waals surface area contributed by atoms with Crippen LogP contribution in [0.15, 0.2) is 30.3 Å². The zero-order valence-corrected chi connectivity index (χ0v) is 17.6. The Morgan fingerprint density at radius 3 is 2.45 bits per heavy atom. The first-order valence-electron chi connectivity index (χ1n) is 9.81. The smallest absolute Gasteiger partial charge is 0.272 e. The first kappa shape index (κ1) is 20.8. The normalized spacial score (nSPS) is 13.9. The molecule has 2 heterocycles. The summed E-state index contributed by atoms with van der Waals surface area (Å²) in [6.07, 6.45) is 0. The fraction of sp³-hybridized carbons (Fsp3) is 0.318. The fourth-order valence-electron chi connectivity index (χ4n) is 3.70. The highest BCUT2D eigenvalue weighted by Gasteiger charge is 2.20. The van der Waals surface area contributed by atoms with E-state index < -0.39 is 11.7 Å². The van der Waals surface area contributed by atoms with Gasteiger partial charge >= 0.3 is 0 Å². The average molecular weight is 429 g/mol. The van der Waals surface area contributed by atoms with Gasteiger partial charge in [0, 0.05) is 30.2 Å². The van der Waals surface area contributed by atoms with Crippen LogP contribution in [0, 0.1) is 5.82 Å². The molecule has 2 N–H and O–H groups in total. The molecule has 1 saturated heterocycles. The number of methoxy groups -OCH3 is 3. The number of hydrogen-bond donors (Lipinski definition) is 2. The predicted molar refractivity (Wildman–Crippen MR) is 115 cm³/mol. The molecule has 0 aliphatic carbocycles. The third kappa shape index (κ3) is 3.96. The van der Waals surface area contributed by atoms with Gasteiger partial charge in [-0.15, -0.1) is 0 Å². The molecule has 0 unspecified atom stereocenters. The molecule has 1 aliphatic rings. The van der Waals surface area contributed by atoms with Crippen LogP contribution in [0.2, 0.25) is 0 Å². The van der Waals surface area contributed by atoms with Crippen LogP contribution in [0.1, 0.15) is 10.5 Å². The van der Waals surface area contributed by atoms with Gasteiger partial charge in [-0.1, -0.05) is 0 Å². The summed E-state index contributed by atoms with van der Waals surface area (Å²) < 4.78 is 36.2. The number of hydrogen-bond acceptors (Lipinski definition) is 6. The van der Waals surface area contributed by atoms with Crippen molar-refractivity contribution in [3.8, 4) is 17.2 Å². The van der Waals surface area contributed by atoms with Gasteiger partial charge in [-0.05, 0) is 24.3 Å². The summed E-state index contributed by atoms with van der Waals surface area (Å²) in [4.78, 5) is 17.8. The molecule has 1 amide bonds. The topological polar surface area (TPSA) is 85.0 Å². The number of nitrogens with one attached hydrogen (secondary N) is 2.